The van der Waals surface area contributed by atoms with Gasteiger partial charge in [-0.2, -0.15) is 0 Å². The highest BCUT2D eigenvalue weighted by Gasteiger charge is 2.15. The zero-order chi connectivity index (χ0) is 19.9. The van der Waals surface area contributed by atoms with E-state index in [9.17, 15) is 4.79 Å². The molecule has 0 radical (unpaired) electrons. The Balaban J connectivity index is 1.59. The van der Waals surface area contributed by atoms with E-state index < -0.39 is 6.10 Å². The lowest BCUT2D eigenvalue weighted by molar-refractivity contribution is -0.127. The van der Waals surface area contributed by atoms with Gasteiger partial charge >= 0.3 is 0 Å². The number of rotatable bonds is 8. The van der Waals surface area contributed by atoms with Crippen molar-refractivity contribution < 1.29 is 9.53 Å². The van der Waals surface area contributed by atoms with Crippen LogP contribution in [0.15, 0.2) is 67.3 Å². The first-order valence-electron chi connectivity index (χ1n) is 9.60. The van der Waals surface area contributed by atoms with E-state index in [2.05, 4.69) is 36.3 Å². The highest BCUT2D eigenvalue weighted by atomic mass is 16.5. The molecule has 5 nitrogen and oxygen atoms in total. The summed E-state index contributed by atoms with van der Waals surface area (Å²) in [6.07, 6.45) is 4.91. The third-order valence-electron chi connectivity index (χ3n) is 4.69. The van der Waals surface area contributed by atoms with E-state index >= 15 is 0 Å². The number of aromatic nitrogens is 2. The summed E-state index contributed by atoms with van der Waals surface area (Å²) in [5, 5.41) is 2.99. The normalized spacial score (nSPS) is 12.0. The molecule has 3 rings (SSSR count). The highest BCUT2D eigenvalue weighted by molar-refractivity contribution is 5.80. The molecule has 1 heterocycles. The summed E-state index contributed by atoms with van der Waals surface area (Å²) in [4.78, 5) is 16.6. The van der Waals surface area contributed by atoms with E-state index in [0.717, 1.165) is 17.7 Å². The van der Waals surface area contributed by atoms with Gasteiger partial charge in [-0.05, 0) is 41.7 Å². The van der Waals surface area contributed by atoms with Gasteiger partial charge in [0.2, 0.25) is 0 Å². The molecular weight excluding hydrogens is 350 g/mol. The van der Waals surface area contributed by atoms with Gasteiger partial charge in [0.05, 0.1) is 6.33 Å². The van der Waals surface area contributed by atoms with Crippen LogP contribution in [-0.2, 0) is 17.9 Å². The molecule has 1 N–H and O–H groups in total. The molecule has 0 saturated carbocycles. The van der Waals surface area contributed by atoms with Crippen LogP contribution in [0.4, 0.5) is 0 Å². The van der Waals surface area contributed by atoms with E-state index in [4.69, 9.17) is 4.74 Å². The van der Waals surface area contributed by atoms with E-state index in [0.29, 0.717) is 18.2 Å². The maximum Gasteiger partial charge on any atom is 0.261 e. The molecule has 2 aromatic carbocycles. The number of benzene rings is 2. The molecule has 0 aliphatic rings. The monoisotopic (exact) mass is 377 g/mol. The number of imidazole rings is 1. The van der Waals surface area contributed by atoms with E-state index in [1.807, 2.05) is 47.2 Å². The van der Waals surface area contributed by atoms with Gasteiger partial charge in [-0.25, -0.2) is 4.98 Å². The number of amides is 1. The second-order valence-electron chi connectivity index (χ2n) is 7.21. The molecule has 0 aliphatic carbocycles. The van der Waals surface area contributed by atoms with E-state index in [-0.39, 0.29) is 5.91 Å². The van der Waals surface area contributed by atoms with Crippen molar-refractivity contribution in [3.05, 3.63) is 83.9 Å². The van der Waals surface area contributed by atoms with Crippen LogP contribution in [-0.4, -0.2) is 21.6 Å². The van der Waals surface area contributed by atoms with Crippen molar-refractivity contribution in [1.29, 1.82) is 0 Å². The number of carbonyl (C=O) groups excluding carboxylic acids is 1. The van der Waals surface area contributed by atoms with Gasteiger partial charge in [0.1, 0.15) is 5.75 Å². The minimum absolute atomic E-state index is 0.132. The molecule has 3 aromatic rings. The molecule has 0 fully saturated rings. The topological polar surface area (TPSA) is 56.1 Å². The smallest absolute Gasteiger partial charge is 0.261 e. The van der Waals surface area contributed by atoms with Crippen LogP contribution in [0, 0.1) is 0 Å². The Labute approximate surface area is 166 Å². The fraction of sp³-hybridized carbons (Fsp3) is 0.304. The second-order valence-corrected chi connectivity index (χ2v) is 7.21. The number of nitrogens with one attached hydrogen (secondary N) is 1. The predicted molar refractivity (Wildman–Crippen MR) is 110 cm³/mol. The standard InChI is InChI=1S/C23H27N3O2/c1-17(2)19-9-6-10-22(13-19)28-18(3)23(27)25-14-20-7-4-5-8-21(20)15-26-12-11-24-16-26/h4-13,16-18H,14-15H2,1-3H3,(H,25,27). The van der Waals surface area contributed by atoms with Crippen LogP contribution in [0.5, 0.6) is 5.75 Å². The maximum atomic E-state index is 12.5. The molecule has 1 atom stereocenters. The van der Waals surface area contributed by atoms with Gasteiger partial charge in [-0.15, -0.1) is 0 Å². The molecule has 28 heavy (non-hydrogen) atoms. The Kier molecular flexibility index (Phi) is 6.48. The summed E-state index contributed by atoms with van der Waals surface area (Å²) in [6, 6.07) is 16.0. The zero-order valence-electron chi connectivity index (χ0n) is 16.6. The fourth-order valence-electron chi connectivity index (χ4n) is 2.99. The Bertz CT molecular complexity index is 904. The fourth-order valence-corrected chi connectivity index (χ4v) is 2.99. The van der Waals surface area contributed by atoms with E-state index in [1.54, 1.807) is 19.4 Å². The lowest BCUT2D eigenvalue weighted by atomic mass is 10.0. The van der Waals surface area contributed by atoms with Gasteiger partial charge in [-0.1, -0.05) is 50.2 Å². The van der Waals surface area contributed by atoms with Crippen LogP contribution >= 0.6 is 0 Å². The average molecular weight is 377 g/mol. The highest BCUT2D eigenvalue weighted by Crippen LogP contribution is 2.21. The number of hydrogen-bond donors (Lipinski definition) is 1. The first-order chi connectivity index (χ1) is 13.5. The van der Waals surface area contributed by atoms with Crippen molar-refractivity contribution >= 4 is 5.91 Å². The summed E-state index contributed by atoms with van der Waals surface area (Å²) in [5.41, 5.74) is 3.43. The minimum Gasteiger partial charge on any atom is -0.481 e. The van der Waals surface area contributed by atoms with Crippen molar-refractivity contribution in [3.63, 3.8) is 0 Å². The van der Waals surface area contributed by atoms with Crippen LogP contribution in [0.1, 0.15) is 43.4 Å². The van der Waals surface area contributed by atoms with Crippen LogP contribution in [0.3, 0.4) is 0 Å². The van der Waals surface area contributed by atoms with Gasteiger partial charge in [0.15, 0.2) is 6.10 Å². The number of hydrogen-bond acceptors (Lipinski definition) is 3. The molecule has 0 bridgehead atoms. The summed E-state index contributed by atoms with van der Waals surface area (Å²) in [5.74, 6) is 1.00. The number of carbonyl (C=O) groups is 1. The lowest BCUT2D eigenvalue weighted by Gasteiger charge is -2.17. The Hall–Kier alpha value is -3.08. The maximum absolute atomic E-state index is 12.5. The largest absolute Gasteiger partial charge is 0.481 e. The Morgan fingerprint density at radius 2 is 1.89 bits per heavy atom. The van der Waals surface area contributed by atoms with Crippen molar-refractivity contribution in [2.75, 3.05) is 0 Å². The van der Waals surface area contributed by atoms with Crippen LogP contribution < -0.4 is 10.1 Å². The summed E-state index contributed by atoms with van der Waals surface area (Å²) >= 11 is 0. The lowest BCUT2D eigenvalue weighted by Crippen LogP contribution is -2.36. The number of nitrogens with zero attached hydrogens (tertiary/aromatic N) is 2. The third kappa shape index (κ3) is 5.22. The summed E-state index contributed by atoms with van der Waals surface area (Å²) in [7, 11) is 0. The minimum atomic E-state index is -0.566. The molecule has 0 spiro atoms. The molecule has 1 aromatic heterocycles. The van der Waals surface area contributed by atoms with E-state index in [1.165, 1.54) is 5.56 Å². The Morgan fingerprint density at radius 3 is 2.61 bits per heavy atom. The average Bonchev–Trinajstić information content (AvgIpc) is 3.20. The van der Waals surface area contributed by atoms with Gasteiger partial charge in [0, 0.05) is 25.5 Å². The molecule has 0 saturated heterocycles. The van der Waals surface area contributed by atoms with Gasteiger partial charge in [-0.3, -0.25) is 4.79 Å². The molecule has 1 amide bonds. The third-order valence-corrected chi connectivity index (χ3v) is 4.69. The zero-order valence-corrected chi connectivity index (χ0v) is 16.6. The van der Waals surface area contributed by atoms with Gasteiger partial charge < -0.3 is 14.6 Å². The Morgan fingerprint density at radius 1 is 1.11 bits per heavy atom. The summed E-state index contributed by atoms with van der Waals surface area (Å²) in [6.45, 7) is 7.23. The van der Waals surface area contributed by atoms with Gasteiger partial charge in [0.25, 0.3) is 5.91 Å². The van der Waals surface area contributed by atoms with Crippen LogP contribution in [0.2, 0.25) is 0 Å². The van der Waals surface area contributed by atoms with Crippen molar-refractivity contribution in [3.8, 4) is 5.75 Å². The summed E-state index contributed by atoms with van der Waals surface area (Å²) < 4.78 is 7.85. The first-order valence-corrected chi connectivity index (χ1v) is 9.60. The van der Waals surface area contributed by atoms with Crippen molar-refractivity contribution in [2.45, 2.75) is 45.9 Å². The second kappa shape index (κ2) is 9.22. The predicted octanol–water partition coefficient (Wildman–Crippen LogP) is 4.14. The molecule has 5 heteroatoms. The quantitative estimate of drug-likeness (QED) is 0.642. The molecule has 146 valence electrons. The van der Waals surface area contributed by atoms with Crippen molar-refractivity contribution in [1.82, 2.24) is 14.9 Å². The molecule has 1 unspecified atom stereocenters. The van der Waals surface area contributed by atoms with Crippen molar-refractivity contribution in [2.24, 2.45) is 0 Å². The number of ether oxygens (including phenoxy) is 1. The first kappa shape index (κ1) is 19.7. The molecular formula is C23H27N3O2. The van der Waals surface area contributed by atoms with Crippen LogP contribution in [0.25, 0.3) is 0 Å². The molecule has 0 aliphatic heterocycles. The SMILES string of the molecule is CC(Oc1cccc(C(C)C)c1)C(=O)NCc1ccccc1Cn1ccnc1.